The van der Waals surface area contributed by atoms with Gasteiger partial charge < -0.3 is 11.1 Å². The molecule has 1 aliphatic carbocycles. The highest BCUT2D eigenvalue weighted by molar-refractivity contribution is 5.94. The fraction of sp³-hybridized carbons (Fsp3) is 0.588. The van der Waals surface area contributed by atoms with Crippen LogP contribution in [0.2, 0.25) is 0 Å². The minimum atomic E-state index is 0.0327. The zero-order valence-electron chi connectivity index (χ0n) is 12.4. The van der Waals surface area contributed by atoms with Crippen LogP contribution in [0.3, 0.4) is 0 Å². The summed E-state index contributed by atoms with van der Waals surface area (Å²) in [5, 5.41) is 3.16. The Kier molecular flexibility index (Phi) is 5.60. The van der Waals surface area contributed by atoms with Crippen LogP contribution in [0.1, 0.15) is 61.4 Å². The molecule has 0 unspecified atom stereocenters. The number of nitrogens with two attached hydrogens (primary N) is 1. The molecule has 1 aromatic carbocycles. The fourth-order valence-corrected chi connectivity index (χ4v) is 3.01. The molecule has 1 aliphatic rings. The Balaban J connectivity index is 1.91. The highest BCUT2D eigenvalue weighted by Crippen LogP contribution is 2.25. The molecule has 3 N–H and O–H groups in total. The lowest BCUT2D eigenvalue weighted by molar-refractivity contribution is 0.0924. The molecule has 20 heavy (non-hydrogen) atoms. The van der Waals surface area contributed by atoms with E-state index in [1.165, 1.54) is 38.5 Å². The Bertz CT molecular complexity index is 419. The van der Waals surface area contributed by atoms with Crippen molar-refractivity contribution in [3.05, 3.63) is 35.4 Å². The van der Waals surface area contributed by atoms with Crippen LogP contribution in [0.5, 0.6) is 0 Å². The van der Waals surface area contributed by atoms with E-state index in [0.717, 1.165) is 11.1 Å². The molecule has 0 radical (unpaired) electrons. The van der Waals surface area contributed by atoms with Gasteiger partial charge in [-0.1, -0.05) is 37.8 Å². The minimum Gasteiger partial charge on any atom is -0.349 e. The molecule has 0 saturated heterocycles. The van der Waals surface area contributed by atoms with Crippen molar-refractivity contribution in [2.24, 2.45) is 11.7 Å². The maximum absolute atomic E-state index is 12.2. The van der Waals surface area contributed by atoms with Gasteiger partial charge in [-0.2, -0.15) is 0 Å². The molecule has 0 aliphatic heterocycles. The van der Waals surface area contributed by atoms with Crippen LogP contribution in [-0.4, -0.2) is 11.9 Å². The van der Waals surface area contributed by atoms with E-state index in [-0.39, 0.29) is 11.9 Å². The summed E-state index contributed by atoms with van der Waals surface area (Å²) in [6.45, 7) is 2.66. The molecule has 1 atom stereocenters. The number of benzene rings is 1. The lowest BCUT2D eigenvalue weighted by Crippen LogP contribution is -2.38. The van der Waals surface area contributed by atoms with Gasteiger partial charge in [-0.05, 0) is 43.4 Å². The fourth-order valence-electron chi connectivity index (χ4n) is 3.01. The largest absolute Gasteiger partial charge is 0.349 e. The van der Waals surface area contributed by atoms with E-state index in [1.807, 2.05) is 24.3 Å². The van der Waals surface area contributed by atoms with E-state index < -0.39 is 0 Å². The summed E-state index contributed by atoms with van der Waals surface area (Å²) < 4.78 is 0. The third kappa shape index (κ3) is 4.07. The number of carbonyl (C=O) groups is 1. The molecule has 0 heterocycles. The molecular weight excluding hydrogens is 248 g/mol. The average molecular weight is 274 g/mol. The van der Waals surface area contributed by atoms with Gasteiger partial charge in [0, 0.05) is 18.2 Å². The van der Waals surface area contributed by atoms with Crippen molar-refractivity contribution in [2.75, 3.05) is 0 Å². The molecule has 3 heteroatoms. The lowest BCUT2D eigenvalue weighted by atomic mass is 9.93. The highest BCUT2D eigenvalue weighted by atomic mass is 16.1. The van der Waals surface area contributed by atoms with E-state index in [9.17, 15) is 4.79 Å². The Hall–Kier alpha value is -1.35. The van der Waals surface area contributed by atoms with E-state index in [4.69, 9.17) is 5.73 Å². The van der Waals surface area contributed by atoms with Gasteiger partial charge in [-0.25, -0.2) is 0 Å². The number of nitrogens with one attached hydrogen (secondary N) is 1. The van der Waals surface area contributed by atoms with Gasteiger partial charge in [0.05, 0.1) is 0 Å². The lowest BCUT2D eigenvalue weighted by Gasteiger charge is -2.23. The monoisotopic (exact) mass is 274 g/mol. The van der Waals surface area contributed by atoms with Crippen LogP contribution in [0.25, 0.3) is 0 Å². The summed E-state index contributed by atoms with van der Waals surface area (Å²) in [4.78, 5) is 12.2. The molecule has 1 saturated carbocycles. The summed E-state index contributed by atoms with van der Waals surface area (Å²) in [7, 11) is 0. The van der Waals surface area contributed by atoms with Crippen LogP contribution in [-0.2, 0) is 6.54 Å². The summed E-state index contributed by atoms with van der Waals surface area (Å²) in [6, 6.07) is 7.82. The van der Waals surface area contributed by atoms with E-state index in [0.29, 0.717) is 12.5 Å². The molecule has 3 nitrogen and oxygen atoms in total. The van der Waals surface area contributed by atoms with Crippen LogP contribution in [0, 0.1) is 5.92 Å². The smallest absolute Gasteiger partial charge is 0.251 e. The van der Waals surface area contributed by atoms with Crippen molar-refractivity contribution < 1.29 is 4.79 Å². The first kappa shape index (κ1) is 15.0. The first-order valence-electron chi connectivity index (χ1n) is 7.80. The quantitative estimate of drug-likeness (QED) is 0.828. The standard InChI is InChI=1S/C17H26N2O/c1-13(15-6-4-2-3-5-7-15)19-17(20)16-10-8-14(12-18)9-11-16/h8-11,13,15H,2-7,12,18H2,1H3,(H,19,20)/t13-/m0/s1. The molecule has 0 spiro atoms. The molecule has 1 amide bonds. The molecule has 110 valence electrons. The van der Waals surface area contributed by atoms with Crippen molar-refractivity contribution in [2.45, 2.75) is 58.0 Å². The number of carbonyl (C=O) groups excluding carboxylic acids is 1. The van der Waals surface area contributed by atoms with Crippen LogP contribution in [0.15, 0.2) is 24.3 Å². The molecular formula is C17H26N2O. The Morgan fingerprint density at radius 3 is 2.35 bits per heavy atom. The Labute approximate surface area is 121 Å². The number of rotatable bonds is 4. The minimum absolute atomic E-state index is 0.0327. The van der Waals surface area contributed by atoms with E-state index >= 15 is 0 Å². The van der Waals surface area contributed by atoms with Gasteiger partial charge in [0.25, 0.3) is 5.91 Å². The highest BCUT2D eigenvalue weighted by Gasteiger charge is 2.20. The van der Waals surface area contributed by atoms with E-state index in [1.54, 1.807) is 0 Å². The van der Waals surface area contributed by atoms with Crippen LogP contribution < -0.4 is 11.1 Å². The first-order valence-corrected chi connectivity index (χ1v) is 7.80. The molecule has 0 aromatic heterocycles. The zero-order valence-corrected chi connectivity index (χ0v) is 12.4. The zero-order chi connectivity index (χ0) is 14.4. The van der Waals surface area contributed by atoms with Gasteiger partial charge in [0.2, 0.25) is 0 Å². The summed E-state index contributed by atoms with van der Waals surface area (Å²) in [5.41, 5.74) is 7.35. The molecule has 2 rings (SSSR count). The van der Waals surface area contributed by atoms with Gasteiger partial charge in [-0.3, -0.25) is 4.79 Å². The molecule has 1 aromatic rings. The topological polar surface area (TPSA) is 55.1 Å². The van der Waals surface area contributed by atoms with Gasteiger partial charge in [0.15, 0.2) is 0 Å². The summed E-state index contributed by atoms with van der Waals surface area (Å²) in [6.07, 6.45) is 7.78. The Morgan fingerprint density at radius 2 is 1.80 bits per heavy atom. The van der Waals surface area contributed by atoms with Gasteiger partial charge in [0.1, 0.15) is 0 Å². The van der Waals surface area contributed by atoms with Crippen molar-refractivity contribution in [1.82, 2.24) is 5.32 Å². The van der Waals surface area contributed by atoms with Crippen molar-refractivity contribution >= 4 is 5.91 Å². The maximum atomic E-state index is 12.2. The van der Waals surface area contributed by atoms with Crippen LogP contribution >= 0.6 is 0 Å². The predicted molar refractivity (Wildman–Crippen MR) is 82.5 cm³/mol. The SMILES string of the molecule is C[C@H](NC(=O)c1ccc(CN)cc1)C1CCCCCC1. The third-order valence-electron chi connectivity index (χ3n) is 4.42. The average Bonchev–Trinajstić information content (AvgIpc) is 2.76. The normalized spacial score (nSPS) is 18.3. The van der Waals surface area contributed by atoms with Gasteiger partial charge in [-0.15, -0.1) is 0 Å². The summed E-state index contributed by atoms with van der Waals surface area (Å²) >= 11 is 0. The number of amides is 1. The Morgan fingerprint density at radius 1 is 1.20 bits per heavy atom. The predicted octanol–water partition coefficient (Wildman–Crippen LogP) is 3.23. The van der Waals surface area contributed by atoms with Crippen molar-refractivity contribution in [3.8, 4) is 0 Å². The second-order valence-electron chi connectivity index (χ2n) is 5.91. The van der Waals surface area contributed by atoms with Crippen LogP contribution in [0.4, 0.5) is 0 Å². The first-order chi connectivity index (χ1) is 9.70. The number of hydrogen-bond acceptors (Lipinski definition) is 2. The van der Waals surface area contributed by atoms with E-state index in [2.05, 4.69) is 12.2 Å². The number of hydrogen-bond donors (Lipinski definition) is 2. The second-order valence-corrected chi connectivity index (χ2v) is 5.91. The van der Waals surface area contributed by atoms with Crippen molar-refractivity contribution in [3.63, 3.8) is 0 Å². The molecule has 0 bridgehead atoms. The maximum Gasteiger partial charge on any atom is 0.251 e. The van der Waals surface area contributed by atoms with Gasteiger partial charge >= 0.3 is 0 Å². The summed E-state index contributed by atoms with van der Waals surface area (Å²) in [5.74, 6) is 0.662. The molecule has 1 fully saturated rings. The van der Waals surface area contributed by atoms with Crippen molar-refractivity contribution in [1.29, 1.82) is 0 Å². The second kappa shape index (κ2) is 7.44. The third-order valence-corrected chi connectivity index (χ3v) is 4.42.